The van der Waals surface area contributed by atoms with E-state index in [-0.39, 0.29) is 18.0 Å². The molecule has 2 atom stereocenters. The maximum absolute atomic E-state index is 13.7. The molecule has 6 rings (SSSR count). The average molecular weight is 546 g/mol. The van der Waals surface area contributed by atoms with Crippen molar-refractivity contribution in [1.82, 2.24) is 29.8 Å². The quantitative estimate of drug-likeness (QED) is 0.253. The molecule has 0 aliphatic carbocycles. The Morgan fingerprint density at radius 3 is 2.87 bits per heavy atom. The van der Waals surface area contributed by atoms with E-state index in [1.807, 2.05) is 48.4 Å². The van der Waals surface area contributed by atoms with Crippen LogP contribution in [-0.4, -0.2) is 42.3 Å². The summed E-state index contributed by atoms with van der Waals surface area (Å²) in [4.78, 5) is 36.8. The van der Waals surface area contributed by atoms with Crippen LogP contribution >= 0.6 is 23.2 Å². The lowest BCUT2D eigenvalue weighted by Crippen LogP contribution is -2.38. The van der Waals surface area contributed by atoms with Crippen LogP contribution < -0.4 is 5.32 Å². The van der Waals surface area contributed by atoms with Gasteiger partial charge in [-0.15, -0.1) is 0 Å². The van der Waals surface area contributed by atoms with E-state index in [0.717, 1.165) is 47.1 Å². The Balaban J connectivity index is 1.30. The van der Waals surface area contributed by atoms with Gasteiger partial charge >= 0.3 is 0 Å². The van der Waals surface area contributed by atoms with Crippen molar-refractivity contribution >= 4 is 56.9 Å². The van der Waals surface area contributed by atoms with Crippen LogP contribution in [0.25, 0.3) is 21.9 Å². The molecule has 4 heterocycles. The van der Waals surface area contributed by atoms with E-state index in [9.17, 15) is 4.79 Å². The minimum absolute atomic E-state index is 0.0288. The Bertz CT molecular complexity index is 1640. The number of H-pyrrole nitrogens is 1. The molecule has 10 heteroatoms. The molecule has 1 saturated heterocycles. The highest BCUT2D eigenvalue weighted by Gasteiger charge is 2.30. The highest BCUT2D eigenvalue weighted by molar-refractivity contribution is 6.35. The SMILES string of the molecule is C[C@@H](Nc1ncnc2cc(C(=O)N3CCCC[C@@H]3c3cccnc3)c(Cl)cc12)c1nc2cc(Cl)ccc2[nH]1. The molecule has 0 unspecified atom stereocenters. The fraction of sp³-hybridized carbons (Fsp3) is 0.250. The second kappa shape index (κ2) is 10.2. The van der Waals surface area contributed by atoms with E-state index in [4.69, 9.17) is 23.2 Å². The molecule has 8 nitrogen and oxygen atoms in total. The number of aromatic nitrogens is 5. The number of benzene rings is 2. The number of anilines is 1. The van der Waals surface area contributed by atoms with Crippen molar-refractivity contribution < 1.29 is 4.79 Å². The molecular formula is C28H25Cl2N7O. The lowest BCUT2D eigenvalue weighted by Gasteiger charge is -2.36. The van der Waals surface area contributed by atoms with Gasteiger partial charge in [-0.05, 0) is 68.1 Å². The number of likely N-dealkylation sites (tertiary alicyclic amines) is 1. The number of carbonyl (C=O) groups is 1. The summed E-state index contributed by atoms with van der Waals surface area (Å²) in [6, 6.07) is 12.8. The van der Waals surface area contributed by atoms with Crippen molar-refractivity contribution in [2.75, 3.05) is 11.9 Å². The molecule has 1 amide bonds. The van der Waals surface area contributed by atoms with E-state index >= 15 is 0 Å². The van der Waals surface area contributed by atoms with Crippen LogP contribution in [0.3, 0.4) is 0 Å². The lowest BCUT2D eigenvalue weighted by molar-refractivity contribution is 0.0611. The third kappa shape index (κ3) is 4.66. The number of halogens is 2. The van der Waals surface area contributed by atoms with Gasteiger partial charge in [0.2, 0.25) is 0 Å². The molecule has 1 aliphatic rings. The third-order valence-corrected chi connectivity index (χ3v) is 7.56. The Hall–Kier alpha value is -3.75. The van der Waals surface area contributed by atoms with Crippen LogP contribution in [-0.2, 0) is 0 Å². The molecule has 1 fully saturated rings. The van der Waals surface area contributed by atoms with Crippen molar-refractivity contribution in [3.8, 4) is 0 Å². The molecule has 5 aromatic rings. The molecule has 0 radical (unpaired) electrons. The van der Waals surface area contributed by atoms with Gasteiger partial charge in [0, 0.05) is 29.3 Å². The number of amides is 1. The molecular weight excluding hydrogens is 521 g/mol. The average Bonchev–Trinajstić information content (AvgIpc) is 3.37. The van der Waals surface area contributed by atoms with Gasteiger partial charge in [-0.1, -0.05) is 29.3 Å². The summed E-state index contributed by atoms with van der Waals surface area (Å²) in [5.41, 5.74) is 3.80. The first-order chi connectivity index (χ1) is 18.5. The summed E-state index contributed by atoms with van der Waals surface area (Å²) in [5, 5.41) is 5.13. The molecule has 0 spiro atoms. The van der Waals surface area contributed by atoms with Crippen molar-refractivity contribution in [3.05, 3.63) is 88.2 Å². The summed E-state index contributed by atoms with van der Waals surface area (Å²) >= 11 is 12.8. The predicted octanol–water partition coefficient (Wildman–Crippen LogP) is 6.75. The number of carbonyl (C=O) groups excluding carboxylic acids is 1. The number of imidazole rings is 1. The van der Waals surface area contributed by atoms with Crippen LogP contribution in [0.2, 0.25) is 10.0 Å². The molecule has 38 heavy (non-hydrogen) atoms. The lowest BCUT2D eigenvalue weighted by atomic mass is 9.95. The number of nitrogens with zero attached hydrogens (tertiary/aromatic N) is 5. The molecule has 2 N–H and O–H groups in total. The van der Waals surface area contributed by atoms with Crippen molar-refractivity contribution in [2.45, 2.75) is 38.3 Å². The van der Waals surface area contributed by atoms with E-state index < -0.39 is 0 Å². The van der Waals surface area contributed by atoms with Gasteiger partial charge in [0.05, 0.1) is 39.2 Å². The second-order valence-corrected chi connectivity index (χ2v) is 10.4. The number of pyridine rings is 1. The summed E-state index contributed by atoms with van der Waals surface area (Å²) in [6.45, 7) is 2.66. The summed E-state index contributed by atoms with van der Waals surface area (Å²) in [6.07, 6.45) is 7.97. The van der Waals surface area contributed by atoms with Crippen molar-refractivity contribution in [1.29, 1.82) is 0 Å². The largest absolute Gasteiger partial charge is 0.360 e. The van der Waals surface area contributed by atoms with Gasteiger partial charge in [0.15, 0.2) is 0 Å². The first kappa shape index (κ1) is 24.6. The molecule has 1 aliphatic heterocycles. The van der Waals surface area contributed by atoms with Crippen LogP contribution in [0.4, 0.5) is 5.82 Å². The molecule has 0 bridgehead atoms. The number of rotatable bonds is 5. The summed E-state index contributed by atoms with van der Waals surface area (Å²) in [5.74, 6) is 1.25. The Kier molecular flexibility index (Phi) is 6.59. The van der Waals surface area contributed by atoms with E-state index in [2.05, 4.69) is 30.2 Å². The molecule has 0 saturated carbocycles. The summed E-state index contributed by atoms with van der Waals surface area (Å²) < 4.78 is 0. The van der Waals surface area contributed by atoms with Crippen molar-refractivity contribution in [3.63, 3.8) is 0 Å². The maximum Gasteiger partial charge on any atom is 0.255 e. The predicted molar refractivity (Wildman–Crippen MR) is 150 cm³/mol. The third-order valence-electron chi connectivity index (χ3n) is 7.01. The first-order valence-corrected chi connectivity index (χ1v) is 13.3. The number of piperidine rings is 1. The molecule has 3 aromatic heterocycles. The van der Waals surface area contributed by atoms with Crippen LogP contribution in [0.15, 0.2) is 61.2 Å². The van der Waals surface area contributed by atoms with E-state index in [1.54, 1.807) is 18.3 Å². The van der Waals surface area contributed by atoms with Crippen LogP contribution in [0.1, 0.15) is 60.0 Å². The Morgan fingerprint density at radius 1 is 1.13 bits per heavy atom. The van der Waals surface area contributed by atoms with Gasteiger partial charge in [-0.2, -0.15) is 0 Å². The minimum atomic E-state index is -0.187. The van der Waals surface area contributed by atoms with Gasteiger partial charge in [0.25, 0.3) is 5.91 Å². The van der Waals surface area contributed by atoms with Crippen molar-refractivity contribution in [2.24, 2.45) is 0 Å². The highest BCUT2D eigenvalue weighted by Crippen LogP contribution is 2.35. The fourth-order valence-electron chi connectivity index (χ4n) is 5.08. The van der Waals surface area contributed by atoms with E-state index in [1.165, 1.54) is 6.33 Å². The molecule has 192 valence electrons. The second-order valence-electron chi connectivity index (χ2n) is 9.52. The number of hydrogen-bond acceptors (Lipinski definition) is 6. The topological polar surface area (TPSA) is 99.7 Å². The zero-order valence-electron chi connectivity index (χ0n) is 20.7. The number of aromatic amines is 1. The van der Waals surface area contributed by atoms with Gasteiger partial charge < -0.3 is 15.2 Å². The highest BCUT2D eigenvalue weighted by atomic mass is 35.5. The Morgan fingerprint density at radius 2 is 2.03 bits per heavy atom. The smallest absolute Gasteiger partial charge is 0.255 e. The standard InChI is InChI=1S/C28H25Cl2N7O/c1-16(26-35-22-8-7-18(29)11-24(22)36-26)34-27-20-12-21(30)19(13-23(20)32-15-33-27)28(38)37-10-3-2-6-25(37)17-5-4-9-31-14-17/h4-5,7-9,11-16,25H,2-3,6,10H2,1H3,(H,35,36)(H,32,33,34)/t16-,25-/m1/s1. The normalized spacial score (nSPS) is 16.6. The monoisotopic (exact) mass is 545 g/mol. The van der Waals surface area contributed by atoms with Crippen LogP contribution in [0.5, 0.6) is 0 Å². The zero-order valence-corrected chi connectivity index (χ0v) is 22.2. The molecule has 2 aromatic carbocycles. The maximum atomic E-state index is 13.7. The van der Waals surface area contributed by atoms with Gasteiger partial charge in [-0.25, -0.2) is 15.0 Å². The zero-order chi connectivity index (χ0) is 26.2. The first-order valence-electron chi connectivity index (χ1n) is 12.5. The number of nitrogens with one attached hydrogen (secondary N) is 2. The van der Waals surface area contributed by atoms with Crippen LogP contribution in [0, 0.1) is 0 Å². The summed E-state index contributed by atoms with van der Waals surface area (Å²) in [7, 11) is 0. The number of hydrogen-bond donors (Lipinski definition) is 2. The fourth-order valence-corrected chi connectivity index (χ4v) is 5.49. The van der Waals surface area contributed by atoms with E-state index in [0.29, 0.717) is 33.5 Å². The number of fused-ring (bicyclic) bond motifs is 2. The minimum Gasteiger partial charge on any atom is -0.360 e. The van der Waals surface area contributed by atoms with Gasteiger partial charge in [0.1, 0.15) is 18.0 Å². The Labute approximate surface area is 229 Å². The van der Waals surface area contributed by atoms with Gasteiger partial charge in [-0.3, -0.25) is 9.78 Å².